The molecule has 5 nitrogen and oxygen atoms in total. The smallest absolute Gasteiger partial charge is 0.276 e. The van der Waals surface area contributed by atoms with Crippen LogP contribution in [0.5, 0.6) is 5.75 Å². The van der Waals surface area contributed by atoms with E-state index in [1.807, 2.05) is 24.3 Å². The molecule has 2 atom stereocenters. The van der Waals surface area contributed by atoms with Gasteiger partial charge < -0.3 is 13.9 Å². The lowest BCUT2D eigenvalue weighted by molar-refractivity contribution is 0.113. The predicted molar refractivity (Wildman–Crippen MR) is 84.4 cm³/mol. The van der Waals surface area contributed by atoms with Gasteiger partial charge in [-0.25, -0.2) is 0 Å². The summed E-state index contributed by atoms with van der Waals surface area (Å²) in [7, 11) is 3.43. The van der Waals surface area contributed by atoms with Crippen molar-refractivity contribution in [3.05, 3.63) is 35.7 Å². The number of ether oxygens (including phenoxy) is 2. The van der Waals surface area contributed by atoms with Crippen molar-refractivity contribution in [2.75, 3.05) is 14.2 Å². The molecule has 0 radical (unpaired) electrons. The highest BCUT2D eigenvalue weighted by Gasteiger charge is 2.29. The van der Waals surface area contributed by atoms with Crippen molar-refractivity contribution in [3.63, 3.8) is 0 Å². The van der Waals surface area contributed by atoms with Gasteiger partial charge in [-0.2, -0.15) is 0 Å². The molecule has 3 rings (SSSR count). The molecule has 1 saturated carbocycles. The minimum absolute atomic E-state index is 0.287. The third kappa shape index (κ3) is 3.44. The monoisotopic (exact) mass is 320 g/mol. The minimum atomic E-state index is 0.287. The standard InChI is InChI=1S/C16H20N2O3S/c1-19-12-7-4-3-6-11(12)10-15-17-18-16(21-15)22-14-9-5-8-13(14)20-2/h3-4,6-7,13-14H,5,8-10H2,1-2H3/t13-,14+/m1/s1. The van der Waals surface area contributed by atoms with Crippen LogP contribution in [0.15, 0.2) is 33.9 Å². The average Bonchev–Trinajstić information content (AvgIpc) is 3.17. The van der Waals surface area contributed by atoms with Crippen LogP contribution in [-0.2, 0) is 11.2 Å². The molecule has 0 aliphatic heterocycles. The van der Waals surface area contributed by atoms with E-state index in [1.54, 1.807) is 26.0 Å². The third-order valence-electron chi connectivity index (χ3n) is 3.93. The van der Waals surface area contributed by atoms with E-state index in [9.17, 15) is 0 Å². The first kappa shape index (κ1) is 15.4. The number of aromatic nitrogens is 2. The van der Waals surface area contributed by atoms with Crippen LogP contribution < -0.4 is 4.74 Å². The Bertz CT molecular complexity index is 617. The summed E-state index contributed by atoms with van der Waals surface area (Å²) in [5.74, 6) is 1.45. The molecule has 22 heavy (non-hydrogen) atoms. The summed E-state index contributed by atoms with van der Waals surface area (Å²) in [5.41, 5.74) is 1.04. The van der Waals surface area contributed by atoms with Crippen LogP contribution in [-0.4, -0.2) is 35.8 Å². The quantitative estimate of drug-likeness (QED) is 0.814. The summed E-state index contributed by atoms with van der Waals surface area (Å²) in [4.78, 5) is 0. The number of nitrogens with zero attached hydrogens (tertiary/aromatic N) is 2. The second kappa shape index (κ2) is 7.15. The first-order valence-electron chi connectivity index (χ1n) is 7.44. The maximum Gasteiger partial charge on any atom is 0.276 e. The Morgan fingerprint density at radius 1 is 1.23 bits per heavy atom. The number of para-hydroxylation sites is 1. The predicted octanol–water partition coefficient (Wildman–Crippen LogP) is 3.33. The number of benzene rings is 1. The van der Waals surface area contributed by atoms with Crippen LogP contribution in [0.2, 0.25) is 0 Å². The summed E-state index contributed by atoms with van der Waals surface area (Å²) in [5, 5.41) is 9.33. The molecule has 0 amide bonds. The highest BCUT2D eigenvalue weighted by atomic mass is 32.2. The Morgan fingerprint density at radius 3 is 2.91 bits per heavy atom. The Labute approximate surface area is 134 Å². The Balaban J connectivity index is 1.66. The molecule has 0 N–H and O–H groups in total. The molecule has 0 spiro atoms. The molecule has 118 valence electrons. The summed E-state index contributed by atoms with van der Waals surface area (Å²) in [6.45, 7) is 0. The van der Waals surface area contributed by atoms with E-state index < -0.39 is 0 Å². The van der Waals surface area contributed by atoms with E-state index in [0.717, 1.165) is 24.2 Å². The van der Waals surface area contributed by atoms with Gasteiger partial charge in [0.15, 0.2) is 0 Å². The lowest BCUT2D eigenvalue weighted by Gasteiger charge is -2.14. The topological polar surface area (TPSA) is 57.4 Å². The van der Waals surface area contributed by atoms with E-state index in [-0.39, 0.29) is 6.10 Å². The molecule has 0 bridgehead atoms. The van der Waals surface area contributed by atoms with Gasteiger partial charge in [0.05, 0.1) is 19.6 Å². The highest BCUT2D eigenvalue weighted by molar-refractivity contribution is 7.99. The van der Waals surface area contributed by atoms with Gasteiger partial charge in [-0.05, 0) is 25.3 Å². The zero-order valence-corrected chi connectivity index (χ0v) is 13.6. The van der Waals surface area contributed by atoms with Crippen LogP contribution >= 0.6 is 11.8 Å². The zero-order valence-electron chi connectivity index (χ0n) is 12.8. The van der Waals surface area contributed by atoms with Crippen molar-refractivity contribution in [2.24, 2.45) is 0 Å². The second-order valence-corrected chi connectivity index (χ2v) is 6.50. The van der Waals surface area contributed by atoms with Crippen molar-refractivity contribution in [2.45, 2.75) is 42.3 Å². The lowest BCUT2D eigenvalue weighted by Crippen LogP contribution is -2.18. The van der Waals surface area contributed by atoms with E-state index in [1.165, 1.54) is 6.42 Å². The summed E-state index contributed by atoms with van der Waals surface area (Å²) < 4.78 is 16.6. The number of methoxy groups -OCH3 is 2. The van der Waals surface area contributed by atoms with Crippen LogP contribution in [0, 0.1) is 0 Å². The molecule has 1 aliphatic carbocycles. The van der Waals surface area contributed by atoms with Crippen molar-refractivity contribution in [3.8, 4) is 5.75 Å². The van der Waals surface area contributed by atoms with E-state index in [2.05, 4.69) is 10.2 Å². The van der Waals surface area contributed by atoms with Gasteiger partial charge in [0, 0.05) is 17.9 Å². The molecule has 1 aromatic carbocycles. The van der Waals surface area contributed by atoms with Crippen LogP contribution in [0.3, 0.4) is 0 Å². The Morgan fingerprint density at radius 2 is 2.09 bits per heavy atom. The van der Waals surface area contributed by atoms with Gasteiger partial charge in [0.1, 0.15) is 5.75 Å². The maximum absolute atomic E-state index is 5.77. The number of hydrogen-bond acceptors (Lipinski definition) is 6. The lowest BCUT2D eigenvalue weighted by atomic mass is 10.1. The number of hydrogen-bond donors (Lipinski definition) is 0. The third-order valence-corrected chi connectivity index (χ3v) is 5.14. The Kier molecular flexibility index (Phi) is 5.00. The van der Waals surface area contributed by atoms with Gasteiger partial charge in [-0.15, -0.1) is 10.2 Å². The van der Waals surface area contributed by atoms with Crippen molar-refractivity contribution in [1.82, 2.24) is 10.2 Å². The van der Waals surface area contributed by atoms with Gasteiger partial charge >= 0.3 is 0 Å². The van der Waals surface area contributed by atoms with Crippen molar-refractivity contribution in [1.29, 1.82) is 0 Å². The fraction of sp³-hybridized carbons (Fsp3) is 0.500. The summed E-state index contributed by atoms with van der Waals surface area (Å²) in [6.07, 6.45) is 4.30. The maximum atomic E-state index is 5.77. The van der Waals surface area contributed by atoms with Crippen molar-refractivity contribution < 1.29 is 13.9 Å². The SMILES string of the molecule is COc1ccccc1Cc1nnc(S[C@H]2CCC[C@H]2OC)o1. The van der Waals surface area contributed by atoms with Gasteiger partial charge in [0.25, 0.3) is 5.22 Å². The molecule has 0 saturated heterocycles. The van der Waals surface area contributed by atoms with E-state index in [4.69, 9.17) is 13.9 Å². The van der Waals surface area contributed by atoms with Crippen LogP contribution in [0.1, 0.15) is 30.7 Å². The Hall–Kier alpha value is -1.53. The highest BCUT2D eigenvalue weighted by Crippen LogP contribution is 2.36. The summed E-state index contributed by atoms with van der Waals surface area (Å²) >= 11 is 1.63. The first-order chi connectivity index (χ1) is 10.8. The first-order valence-corrected chi connectivity index (χ1v) is 8.32. The fourth-order valence-corrected chi connectivity index (χ4v) is 3.97. The molecular weight excluding hydrogens is 300 g/mol. The average molecular weight is 320 g/mol. The van der Waals surface area contributed by atoms with E-state index in [0.29, 0.717) is 22.8 Å². The normalized spacial score (nSPS) is 21.2. The summed E-state index contributed by atoms with van der Waals surface area (Å²) in [6, 6.07) is 7.87. The fourth-order valence-electron chi connectivity index (χ4n) is 2.80. The molecule has 1 fully saturated rings. The molecule has 6 heteroatoms. The molecule has 2 aromatic rings. The minimum Gasteiger partial charge on any atom is -0.496 e. The van der Waals surface area contributed by atoms with Crippen molar-refractivity contribution >= 4 is 11.8 Å². The van der Waals surface area contributed by atoms with E-state index >= 15 is 0 Å². The number of thioether (sulfide) groups is 1. The van der Waals surface area contributed by atoms with Crippen LogP contribution in [0.4, 0.5) is 0 Å². The second-order valence-electron chi connectivity index (χ2n) is 5.31. The molecule has 1 aliphatic rings. The number of rotatable bonds is 6. The van der Waals surface area contributed by atoms with Gasteiger partial charge in [-0.1, -0.05) is 30.0 Å². The van der Waals surface area contributed by atoms with Gasteiger partial charge in [0.2, 0.25) is 5.89 Å². The van der Waals surface area contributed by atoms with Crippen LogP contribution in [0.25, 0.3) is 0 Å². The van der Waals surface area contributed by atoms with Gasteiger partial charge in [-0.3, -0.25) is 0 Å². The zero-order chi connectivity index (χ0) is 15.4. The molecule has 0 unspecified atom stereocenters. The largest absolute Gasteiger partial charge is 0.496 e. The molecule has 1 aromatic heterocycles. The molecule has 1 heterocycles. The molecular formula is C16H20N2O3S.